The lowest BCUT2D eigenvalue weighted by Gasteiger charge is -2.30. The first-order chi connectivity index (χ1) is 15.3. The van der Waals surface area contributed by atoms with Crippen LogP contribution < -0.4 is 5.32 Å². The molecule has 4 rings (SSSR count). The van der Waals surface area contributed by atoms with Gasteiger partial charge < -0.3 is 24.4 Å². The topological polar surface area (TPSA) is 100 Å². The largest absolute Gasteiger partial charge is 0.461 e. The Morgan fingerprint density at radius 2 is 2.09 bits per heavy atom. The van der Waals surface area contributed by atoms with Crippen molar-refractivity contribution >= 4 is 23.0 Å². The minimum atomic E-state index is -0.652. The number of hydrogen-bond acceptors (Lipinski definition) is 5. The molecule has 170 valence electrons. The molecule has 3 aromatic rings. The number of methoxy groups -OCH3 is 1. The second kappa shape index (κ2) is 8.68. The molecule has 0 unspecified atom stereocenters. The van der Waals surface area contributed by atoms with E-state index in [0.717, 1.165) is 52.2 Å². The molecule has 0 radical (unpaired) electrons. The lowest BCUT2D eigenvalue weighted by molar-refractivity contribution is -0.135. The summed E-state index contributed by atoms with van der Waals surface area (Å²) >= 11 is 0. The van der Waals surface area contributed by atoms with E-state index >= 15 is 0 Å². The van der Waals surface area contributed by atoms with Crippen LogP contribution in [0.3, 0.4) is 0 Å². The molecular weight excluding hydrogens is 408 g/mol. The predicted octanol–water partition coefficient (Wildman–Crippen LogP) is 4.48. The zero-order valence-corrected chi connectivity index (χ0v) is 19.2. The molecule has 32 heavy (non-hydrogen) atoms. The number of likely N-dealkylation sites (tertiary alicyclic amines) is 1. The summed E-state index contributed by atoms with van der Waals surface area (Å²) in [7, 11) is 1.29. The monoisotopic (exact) mass is 438 g/mol. The van der Waals surface area contributed by atoms with Gasteiger partial charge in [0.05, 0.1) is 25.0 Å². The summed E-state index contributed by atoms with van der Waals surface area (Å²) in [5.41, 5.74) is 3.79. The van der Waals surface area contributed by atoms with Crippen molar-refractivity contribution in [2.75, 3.05) is 13.7 Å². The van der Waals surface area contributed by atoms with Gasteiger partial charge in [0.2, 0.25) is 5.91 Å². The van der Waals surface area contributed by atoms with Gasteiger partial charge in [0, 0.05) is 17.5 Å². The van der Waals surface area contributed by atoms with Crippen LogP contribution in [0, 0.1) is 19.8 Å². The van der Waals surface area contributed by atoms with Crippen LogP contribution in [-0.4, -0.2) is 46.6 Å². The average molecular weight is 439 g/mol. The number of aryl methyl sites for hydroxylation is 2. The zero-order valence-electron chi connectivity index (χ0n) is 19.2. The van der Waals surface area contributed by atoms with E-state index in [4.69, 9.17) is 9.15 Å². The van der Waals surface area contributed by atoms with Gasteiger partial charge in [-0.1, -0.05) is 19.9 Å². The lowest BCUT2D eigenvalue weighted by atomic mass is 10.0. The minimum absolute atomic E-state index is 0.0713. The van der Waals surface area contributed by atoms with Crippen LogP contribution in [-0.2, 0) is 9.53 Å². The van der Waals surface area contributed by atoms with Crippen LogP contribution in [0.5, 0.6) is 0 Å². The number of carbonyl (C=O) groups is 2. The Balaban J connectivity index is 1.62. The SMILES string of the molecule is COC(=O)N[C@H](C(=O)N1CCC[C@H]1c1ncc(-c2ccc(C)c3cc(C)oc23)[nH]1)C(C)C. The van der Waals surface area contributed by atoms with Gasteiger partial charge in [-0.3, -0.25) is 4.79 Å². The number of carbonyl (C=O) groups excluding carboxylic acids is 2. The van der Waals surface area contributed by atoms with E-state index in [1.165, 1.54) is 7.11 Å². The first kappa shape index (κ1) is 21.9. The van der Waals surface area contributed by atoms with Crippen molar-refractivity contribution < 1.29 is 18.7 Å². The number of hydrogen-bond donors (Lipinski definition) is 2. The summed E-state index contributed by atoms with van der Waals surface area (Å²) in [4.78, 5) is 34.9. The Morgan fingerprint density at radius 1 is 1.31 bits per heavy atom. The standard InChI is InChI=1S/C24H30N4O4/c1-13(2)20(27-24(30)31-5)23(29)28-10-6-7-19(28)22-25-12-18(26-22)16-9-8-14(3)17-11-15(4)32-21(16)17/h8-9,11-13,19-20H,6-7,10H2,1-5H3,(H,25,26)(H,27,30)/t19-,20-/m0/s1. The van der Waals surface area contributed by atoms with Crippen molar-refractivity contribution in [2.24, 2.45) is 5.92 Å². The highest BCUT2D eigenvalue weighted by Crippen LogP contribution is 2.35. The number of aromatic amines is 1. The number of nitrogens with zero attached hydrogens (tertiary/aromatic N) is 2. The molecule has 3 heterocycles. The second-order valence-electron chi connectivity index (χ2n) is 8.76. The van der Waals surface area contributed by atoms with Crippen molar-refractivity contribution in [3.63, 3.8) is 0 Å². The van der Waals surface area contributed by atoms with E-state index in [2.05, 4.69) is 28.3 Å². The average Bonchev–Trinajstić information content (AvgIpc) is 3.50. The van der Waals surface area contributed by atoms with Crippen molar-refractivity contribution in [1.82, 2.24) is 20.2 Å². The van der Waals surface area contributed by atoms with Gasteiger partial charge in [0.15, 0.2) is 0 Å². The Labute approximate surface area is 187 Å². The predicted molar refractivity (Wildman–Crippen MR) is 121 cm³/mol. The van der Waals surface area contributed by atoms with Crippen LogP contribution >= 0.6 is 0 Å². The number of alkyl carbamates (subject to hydrolysis) is 1. The lowest BCUT2D eigenvalue weighted by Crippen LogP contribution is -2.51. The molecule has 1 fully saturated rings. The van der Waals surface area contributed by atoms with Crippen LogP contribution in [0.1, 0.15) is 49.9 Å². The first-order valence-corrected chi connectivity index (χ1v) is 11.0. The van der Waals surface area contributed by atoms with E-state index in [-0.39, 0.29) is 17.9 Å². The van der Waals surface area contributed by atoms with E-state index < -0.39 is 12.1 Å². The van der Waals surface area contributed by atoms with E-state index in [0.29, 0.717) is 6.54 Å². The van der Waals surface area contributed by atoms with Crippen LogP contribution in [0.4, 0.5) is 4.79 Å². The molecule has 8 heteroatoms. The molecule has 1 aliphatic rings. The molecule has 2 amide bonds. The number of aromatic nitrogens is 2. The number of nitrogens with one attached hydrogen (secondary N) is 2. The highest BCUT2D eigenvalue weighted by atomic mass is 16.5. The van der Waals surface area contributed by atoms with Gasteiger partial charge >= 0.3 is 6.09 Å². The normalized spacial score (nSPS) is 17.2. The summed E-state index contributed by atoms with van der Waals surface area (Å²) in [6, 6.07) is 5.33. The number of imidazole rings is 1. The van der Waals surface area contributed by atoms with Crippen LogP contribution in [0.2, 0.25) is 0 Å². The van der Waals surface area contributed by atoms with E-state index in [9.17, 15) is 9.59 Å². The zero-order chi connectivity index (χ0) is 23.0. The fraction of sp³-hybridized carbons (Fsp3) is 0.458. The highest BCUT2D eigenvalue weighted by Gasteiger charge is 2.37. The van der Waals surface area contributed by atoms with Crippen molar-refractivity contribution in [1.29, 1.82) is 0 Å². The van der Waals surface area contributed by atoms with Gasteiger partial charge in [-0.05, 0) is 50.3 Å². The Kier molecular flexibility index (Phi) is 5.95. The van der Waals surface area contributed by atoms with Crippen molar-refractivity contribution in [3.05, 3.63) is 41.5 Å². The number of ether oxygens (including phenoxy) is 1. The number of rotatable bonds is 5. The number of benzene rings is 1. The molecule has 0 bridgehead atoms. The molecule has 0 saturated carbocycles. The molecule has 2 N–H and O–H groups in total. The minimum Gasteiger partial charge on any atom is -0.461 e. The maximum Gasteiger partial charge on any atom is 0.407 e. The third kappa shape index (κ3) is 3.97. The molecule has 0 spiro atoms. The van der Waals surface area contributed by atoms with Crippen molar-refractivity contribution in [3.8, 4) is 11.3 Å². The highest BCUT2D eigenvalue weighted by molar-refractivity contribution is 5.94. The summed E-state index contributed by atoms with van der Waals surface area (Å²) in [6.45, 7) is 8.44. The van der Waals surface area contributed by atoms with Crippen LogP contribution in [0.25, 0.3) is 22.2 Å². The molecule has 0 aliphatic carbocycles. The fourth-order valence-corrected chi connectivity index (χ4v) is 4.43. The van der Waals surface area contributed by atoms with Crippen LogP contribution in [0.15, 0.2) is 28.8 Å². The Morgan fingerprint density at radius 3 is 2.81 bits per heavy atom. The quantitative estimate of drug-likeness (QED) is 0.612. The number of amides is 2. The number of fused-ring (bicyclic) bond motifs is 1. The molecule has 2 aromatic heterocycles. The fourth-order valence-electron chi connectivity index (χ4n) is 4.43. The Bertz CT molecular complexity index is 1150. The third-order valence-corrected chi connectivity index (χ3v) is 6.15. The summed E-state index contributed by atoms with van der Waals surface area (Å²) in [5.74, 6) is 1.41. The molecule has 2 atom stereocenters. The smallest absolute Gasteiger partial charge is 0.407 e. The number of furan rings is 1. The number of H-pyrrole nitrogens is 1. The molecule has 1 saturated heterocycles. The molecule has 1 aromatic carbocycles. The summed E-state index contributed by atoms with van der Waals surface area (Å²) < 4.78 is 10.7. The van der Waals surface area contributed by atoms with Crippen molar-refractivity contribution in [2.45, 2.75) is 52.6 Å². The van der Waals surface area contributed by atoms with Gasteiger partial charge in [0.25, 0.3) is 0 Å². The third-order valence-electron chi connectivity index (χ3n) is 6.15. The summed E-state index contributed by atoms with van der Waals surface area (Å²) in [5, 5.41) is 3.76. The summed E-state index contributed by atoms with van der Waals surface area (Å²) in [6.07, 6.45) is 2.88. The molecular formula is C24H30N4O4. The Hall–Kier alpha value is -3.29. The van der Waals surface area contributed by atoms with Gasteiger partial charge in [-0.25, -0.2) is 9.78 Å². The maximum absolute atomic E-state index is 13.3. The second-order valence-corrected chi connectivity index (χ2v) is 8.76. The maximum atomic E-state index is 13.3. The van der Waals surface area contributed by atoms with Gasteiger partial charge in [-0.15, -0.1) is 0 Å². The molecule has 1 aliphatic heterocycles. The molecule has 8 nitrogen and oxygen atoms in total. The van der Waals surface area contributed by atoms with Gasteiger partial charge in [-0.2, -0.15) is 0 Å². The first-order valence-electron chi connectivity index (χ1n) is 11.0. The van der Waals surface area contributed by atoms with E-state index in [1.807, 2.05) is 37.8 Å². The van der Waals surface area contributed by atoms with Gasteiger partial charge in [0.1, 0.15) is 23.2 Å². The van der Waals surface area contributed by atoms with E-state index in [1.54, 1.807) is 6.20 Å².